The average Bonchev–Trinajstić information content (AvgIpc) is 2.95. The van der Waals surface area contributed by atoms with Crippen LogP contribution in [0.2, 0.25) is 5.02 Å². The number of methoxy groups -OCH3 is 1. The van der Waals surface area contributed by atoms with Crippen LogP contribution in [0, 0.1) is 0 Å². The smallest absolute Gasteiger partial charge is 0.238 e. The molecule has 1 heterocycles. The Balaban J connectivity index is 1.96. The highest BCUT2D eigenvalue weighted by Crippen LogP contribution is 2.32. The average molecular weight is 412 g/mol. The Kier molecular flexibility index (Phi) is 5.47. The number of aromatic nitrogens is 2. The number of hydrogen-bond acceptors (Lipinski definition) is 5. The molecule has 0 amide bonds. The number of rotatable bonds is 6. The Labute approximate surface area is 161 Å². The van der Waals surface area contributed by atoms with Gasteiger partial charge in [0.2, 0.25) is 10.0 Å². The highest BCUT2D eigenvalue weighted by molar-refractivity contribution is 7.98. The van der Waals surface area contributed by atoms with E-state index in [1.165, 1.54) is 23.9 Å². The first-order valence-corrected chi connectivity index (χ1v) is 10.7. The monoisotopic (exact) mass is 411 g/mol. The van der Waals surface area contributed by atoms with Crippen LogP contribution >= 0.6 is 23.4 Å². The second-order valence-electron chi connectivity index (χ2n) is 5.58. The summed E-state index contributed by atoms with van der Waals surface area (Å²) in [5, 5.41) is 6.64. The number of thioether (sulfide) groups is 1. The lowest BCUT2D eigenvalue weighted by Gasteiger charge is -2.09. The molecule has 0 aliphatic rings. The van der Waals surface area contributed by atoms with Crippen LogP contribution in [0.5, 0.6) is 5.75 Å². The number of nitrogens with zero attached hydrogens (tertiary/aromatic N) is 2. The third-order valence-electron chi connectivity index (χ3n) is 3.93. The molecular weight excluding hydrogens is 394 g/mol. The molecule has 9 heteroatoms. The Hall–Kier alpha value is -1.74. The SMILES string of the molecule is CCn1c(SCc2cc(Cl)ccc2OC)nc2cc(S(N)(=O)=O)ccc21. The molecule has 0 atom stereocenters. The zero-order valence-corrected chi connectivity index (χ0v) is 16.7. The van der Waals surface area contributed by atoms with Gasteiger partial charge < -0.3 is 9.30 Å². The molecule has 2 aromatic carbocycles. The normalized spacial score (nSPS) is 11.8. The van der Waals surface area contributed by atoms with Crippen molar-refractivity contribution in [3.63, 3.8) is 0 Å². The molecule has 0 bridgehead atoms. The molecule has 6 nitrogen and oxygen atoms in total. The summed E-state index contributed by atoms with van der Waals surface area (Å²) in [6.07, 6.45) is 0. The van der Waals surface area contributed by atoms with E-state index in [2.05, 4.69) is 4.98 Å². The van der Waals surface area contributed by atoms with Crippen molar-refractivity contribution in [3.8, 4) is 5.75 Å². The predicted octanol–water partition coefficient (Wildman–Crippen LogP) is 3.66. The molecule has 138 valence electrons. The van der Waals surface area contributed by atoms with Crippen LogP contribution in [0.1, 0.15) is 12.5 Å². The van der Waals surface area contributed by atoms with Gasteiger partial charge in [0.25, 0.3) is 0 Å². The predicted molar refractivity (Wildman–Crippen MR) is 104 cm³/mol. The topological polar surface area (TPSA) is 87.2 Å². The van der Waals surface area contributed by atoms with Gasteiger partial charge >= 0.3 is 0 Å². The van der Waals surface area contributed by atoms with Crippen molar-refractivity contribution < 1.29 is 13.2 Å². The number of aryl methyl sites for hydroxylation is 1. The molecule has 0 unspecified atom stereocenters. The van der Waals surface area contributed by atoms with E-state index >= 15 is 0 Å². The number of imidazole rings is 1. The Morgan fingerprint density at radius 2 is 2.04 bits per heavy atom. The molecular formula is C17H18ClN3O3S2. The van der Waals surface area contributed by atoms with Gasteiger partial charge in [0.1, 0.15) is 5.75 Å². The fourth-order valence-electron chi connectivity index (χ4n) is 2.68. The fraction of sp³-hybridized carbons (Fsp3) is 0.235. The summed E-state index contributed by atoms with van der Waals surface area (Å²) < 4.78 is 30.5. The molecule has 0 saturated carbocycles. The van der Waals surface area contributed by atoms with Crippen LogP contribution < -0.4 is 9.88 Å². The van der Waals surface area contributed by atoms with Crippen molar-refractivity contribution in [2.45, 2.75) is 29.3 Å². The number of ether oxygens (including phenoxy) is 1. The first-order chi connectivity index (χ1) is 12.3. The second kappa shape index (κ2) is 7.48. The molecule has 3 aromatic rings. The molecule has 0 radical (unpaired) electrons. The molecule has 0 spiro atoms. The van der Waals surface area contributed by atoms with Gasteiger partial charge in [-0.3, -0.25) is 0 Å². The Bertz CT molecular complexity index is 1060. The summed E-state index contributed by atoms with van der Waals surface area (Å²) in [7, 11) is -2.14. The lowest BCUT2D eigenvalue weighted by atomic mass is 10.2. The van der Waals surface area contributed by atoms with Gasteiger partial charge in [0.05, 0.1) is 23.0 Å². The largest absolute Gasteiger partial charge is 0.496 e. The molecule has 0 aliphatic carbocycles. The van der Waals surface area contributed by atoms with Crippen molar-refractivity contribution in [2.75, 3.05) is 7.11 Å². The summed E-state index contributed by atoms with van der Waals surface area (Å²) >= 11 is 7.62. The summed E-state index contributed by atoms with van der Waals surface area (Å²) in [5.41, 5.74) is 2.42. The number of hydrogen-bond donors (Lipinski definition) is 1. The van der Waals surface area contributed by atoms with Crippen molar-refractivity contribution in [1.82, 2.24) is 9.55 Å². The quantitative estimate of drug-likeness (QED) is 0.625. The van der Waals surface area contributed by atoms with Gasteiger partial charge in [0.15, 0.2) is 5.16 Å². The molecule has 0 aliphatic heterocycles. The Morgan fingerprint density at radius 3 is 2.69 bits per heavy atom. The maximum atomic E-state index is 11.6. The van der Waals surface area contributed by atoms with Crippen LogP contribution in [0.3, 0.4) is 0 Å². The van der Waals surface area contributed by atoms with E-state index in [0.717, 1.165) is 22.0 Å². The summed E-state index contributed by atoms with van der Waals surface area (Å²) in [5.74, 6) is 1.38. The molecule has 0 saturated heterocycles. The van der Waals surface area contributed by atoms with E-state index < -0.39 is 10.0 Å². The molecule has 2 N–H and O–H groups in total. The van der Waals surface area contributed by atoms with Gasteiger partial charge in [-0.15, -0.1) is 0 Å². The van der Waals surface area contributed by atoms with Crippen molar-refractivity contribution >= 4 is 44.4 Å². The van der Waals surface area contributed by atoms with Crippen molar-refractivity contribution in [2.24, 2.45) is 5.14 Å². The van der Waals surface area contributed by atoms with Gasteiger partial charge in [-0.2, -0.15) is 0 Å². The van der Waals surface area contributed by atoms with Gasteiger partial charge in [-0.05, 0) is 43.3 Å². The number of primary sulfonamides is 1. The Morgan fingerprint density at radius 1 is 1.27 bits per heavy atom. The number of halogens is 1. The van der Waals surface area contributed by atoms with Crippen LogP contribution in [-0.4, -0.2) is 25.1 Å². The van der Waals surface area contributed by atoms with Crippen molar-refractivity contribution in [1.29, 1.82) is 0 Å². The minimum absolute atomic E-state index is 0.0545. The molecule has 3 rings (SSSR count). The maximum absolute atomic E-state index is 11.6. The molecule has 1 aromatic heterocycles. The molecule has 0 fully saturated rings. The number of fused-ring (bicyclic) bond motifs is 1. The number of sulfonamides is 1. The van der Waals surface area contributed by atoms with E-state index in [1.807, 2.05) is 23.6 Å². The first kappa shape index (κ1) is 19.0. The fourth-order valence-corrected chi connectivity index (χ4v) is 4.47. The summed E-state index contributed by atoms with van der Waals surface area (Å²) in [6, 6.07) is 10.2. The standard InChI is InChI=1S/C17H18ClN3O3S2/c1-3-21-15-6-5-13(26(19,22)23)9-14(15)20-17(21)25-10-11-8-12(18)4-7-16(11)24-2/h4-9H,3,10H2,1-2H3,(H2,19,22,23). The maximum Gasteiger partial charge on any atom is 0.238 e. The van der Waals surface area contributed by atoms with Crippen LogP contribution in [-0.2, 0) is 22.3 Å². The van der Waals surface area contributed by atoms with Crippen molar-refractivity contribution in [3.05, 3.63) is 47.0 Å². The van der Waals surface area contributed by atoms with E-state index in [-0.39, 0.29) is 4.90 Å². The summed E-state index contributed by atoms with van der Waals surface area (Å²) in [6.45, 7) is 2.72. The lowest BCUT2D eigenvalue weighted by molar-refractivity contribution is 0.411. The van der Waals surface area contributed by atoms with Crippen LogP contribution in [0.15, 0.2) is 46.5 Å². The zero-order valence-electron chi connectivity index (χ0n) is 14.3. The van der Waals surface area contributed by atoms with E-state index in [4.69, 9.17) is 21.5 Å². The highest BCUT2D eigenvalue weighted by Gasteiger charge is 2.15. The van der Waals surface area contributed by atoms with E-state index in [9.17, 15) is 8.42 Å². The van der Waals surface area contributed by atoms with Crippen LogP contribution in [0.25, 0.3) is 11.0 Å². The highest BCUT2D eigenvalue weighted by atomic mass is 35.5. The molecule has 26 heavy (non-hydrogen) atoms. The second-order valence-corrected chi connectivity index (χ2v) is 8.52. The van der Waals surface area contributed by atoms with Crippen LogP contribution in [0.4, 0.5) is 0 Å². The first-order valence-electron chi connectivity index (χ1n) is 7.81. The zero-order chi connectivity index (χ0) is 18.9. The lowest BCUT2D eigenvalue weighted by Crippen LogP contribution is -2.11. The minimum Gasteiger partial charge on any atom is -0.496 e. The van der Waals surface area contributed by atoms with Gasteiger partial charge in [-0.1, -0.05) is 23.4 Å². The number of benzene rings is 2. The summed E-state index contributed by atoms with van der Waals surface area (Å²) in [4.78, 5) is 4.64. The minimum atomic E-state index is -3.76. The third kappa shape index (κ3) is 3.83. The number of nitrogens with two attached hydrogens (primary N) is 1. The van der Waals surface area contributed by atoms with Gasteiger partial charge in [0, 0.05) is 22.9 Å². The third-order valence-corrected chi connectivity index (χ3v) is 6.10. The van der Waals surface area contributed by atoms with Gasteiger partial charge in [-0.25, -0.2) is 18.5 Å². The van der Waals surface area contributed by atoms with E-state index in [0.29, 0.717) is 22.8 Å². The van der Waals surface area contributed by atoms with E-state index in [1.54, 1.807) is 19.2 Å².